The van der Waals surface area contributed by atoms with Crippen molar-refractivity contribution in [3.05, 3.63) is 59.7 Å². The molecule has 2 aromatic carbocycles. The van der Waals surface area contributed by atoms with Crippen LogP contribution in [0.25, 0.3) is 0 Å². The van der Waals surface area contributed by atoms with Gasteiger partial charge in [0.1, 0.15) is 5.75 Å². The molecule has 0 bridgehead atoms. The summed E-state index contributed by atoms with van der Waals surface area (Å²) in [6.07, 6.45) is 0. The second kappa shape index (κ2) is 6.79. The number of aryl methyl sites for hydroxylation is 1. The number of carboxylic acid groups (broad SMARTS) is 1. The molecule has 4 nitrogen and oxygen atoms in total. The first-order valence-electron chi connectivity index (χ1n) is 6.89. The molecule has 0 amide bonds. The van der Waals surface area contributed by atoms with Crippen molar-refractivity contribution in [1.82, 2.24) is 0 Å². The smallest absolute Gasteiger partial charge is 0.330 e. The Labute approximate surface area is 124 Å². The Kier molecular flexibility index (Phi) is 4.82. The average molecular weight is 285 g/mol. The Hall–Kier alpha value is -2.49. The van der Waals surface area contributed by atoms with Crippen LogP contribution in [0.5, 0.6) is 5.75 Å². The molecule has 0 spiro atoms. The van der Waals surface area contributed by atoms with Crippen molar-refractivity contribution >= 4 is 11.7 Å². The van der Waals surface area contributed by atoms with Gasteiger partial charge in [-0.15, -0.1) is 0 Å². The number of benzene rings is 2. The summed E-state index contributed by atoms with van der Waals surface area (Å²) in [4.78, 5) is 11.5. The number of carbonyl (C=O) groups is 1. The van der Waals surface area contributed by atoms with Crippen molar-refractivity contribution in [2.45, 2.75) is 19.9 Å². The molecule has 0 aromatic heterocycles. The summed E-state index contributed by atoms with van der Waals surface area (Å²) in [5.74, 6) is -0.254. The summed E-state index contributed by atoms with van der Waals surface area (Å²) in [5, 5.41) is 12.5. The molecule has 0 aliphatic carbocycles. The lowest BCUT2D eigenvalue weighted by atomic mass is 10.1. The quantitative estimate of drug-likeness (QED) is 0.851. The topological polar surface area (TPSA) is 58.6 Å². The highest BCUT2D eigenvalue weighted by Crippen LogP contribution is 2.24. The predicted octanol–water partition coefficient (Wildman–Crippen LogP) is 3.63. The van der Waals surface area contributed by atoms with Crippen LogP contribution >= 0.6 is 0 Å². The third-order valence-electron chi connectivity index (χ3n) is 3.11. The SMILES string of the molecule is CCOc1cccc(C(Nc2ccc(C)cc2)C(=O)O)c1. The molecule has 0 fully saturated rings. The molecule has 4 heteroatoms. The zero-order valence-electron chi connectivity index (χ0n) is 12.2. The average Bonchev–Trinajstić information content (AvgIpc) is 2.47. The van der Waals surface area contributed by atoms with Crippen LogP contribution in [0, 0.1) is 6.92 Å². The summed E-state index contributed by atoms with van der Waals surface area (Å²) in [7, 11) is 0. The maximum atomic E-state index is 11.5. The summed E-state index contributed by atoms with van der Waals surface area (Å²) in [5.41, 5.74) is 2.56. The molecule has 21 heavy (non-hydrogen) atoms. The second-order valence-corrected chi connectivity index (χ2v) is 4.79. The van der Waals surface area contributed by atoms with E-state index >= 15 is 0 Å². The number of carboxylic acids is 1. The highest BCUT2D eigenvalue weighted by atomic mass is 16.5. The van der Waals surface area contributed by atoms with E-state index in [2.05, 4.69) is 5.32 Å². The number of rotatable bonds is 6. The van der Waals surface area contributed by atoms with Gasteiger partial charge in [-0.2, -0.15) is 0 Å². The zero-order valence-corrected chi connectivity index (χ0v) is 12.2. The lowest BCUT2D eigenvalue weighted by molar-refractivity contribution is -0.138. The van der Waals surface area contributed by atoms with Gasteiger partial charge in [0.05, 0.1) is 6.61 Å². The lowest BCUT2D eigenvalue weighted by Gasteiger charge is -2.17. The van der Waals surface area contributed by atoms with E-state index in [1.54, 1.807) is 18.2 Å². The Balaban J connectivity index is 2.24. The zero-order chi connectivity index (χ0) is 15.2. The molecule has 110 valence electrons. The van der Waals surface area contributed by atoms with Gasteiger partial charge in [-0.1, -0.05) is 29.8 Å². The van der Waals surface area contributed by atoms with E-state index < -0.39 is 12.0 Å². The van der Waals surface area contributed by atoms with E-state index in [4.69, 9.17) is 4.74 Å². The fourth-order valence-electron chi connectivity index (χ4n) is 2.05. The van der Waals surface area contributed by atoms with Crippen LogP contribution in [0.4, 0.5) is 5.69 Å². The first-order chi connectivity index (χ1) is 10.1. The normalized spacial score (nSPS) is 11.7. The summed E-state index contributed by atoms with van der Waals surface area (Å²) < 4.78 is 5.42. The number of aliphatic carboxylic acids is 1. The highest BCUT2D eigenvalue weighted by molar-refractivity contribution is 5.79. The molecular weight excluding hydrogens is 266 g/mol. The van der Waals surface area contributed by atoms with Gasteiger partial charge in [0.15, 0.2) is 6.04 Å². The van der Waals surface area contributed by atoms with Gasteiger partial charge in [-0.3, -0.25) is 0 Å². The molecule has 0 saturated heterocycles. The maximum Gasteiger partial charge on any atom is 0.330 e. The van der Waals surface area contributed by atoms with Crippen molar-refractivity contribution in [2.24, 2.45) is 0 Å². The highest BCUT2D eigenvalue weighted by Gasteiger charge is 2.20. The third-order valence-corrected chi connectivity index (χ3v) is 3.11. The van der Waals surface area contributed by atoms with Crippen molar-refractivity contribution in [1.29, 1.82) is 0 Å². The lowest BCUT2D eigenvalue weighted by Crippen LogP contribution is -2.20. The molecule has 0 radical (unpaired) electrons. The summed E-state index contributed by atoms with van der Waals surface area (Å²) >= 11 is 0. The Bertz CT molecular complexity index is 608. The van der Waals surface area contributed by atoms with Crippen LogP contribution in [-0.2, 0) is 4.79 Å². The van der Waals surface area contributed by atoms with Crippen LogP contribution in [0.3, 0.4) is 0 Å². The fourth-order valence-corrected chi connectivity index (χ4v) is 2.05. The van der Waals surface area contributed by atoms with Crippen molar-refractivity contribution < 1.29 is 14.6 Å². The molecular formula is C17H19NO3. The fraction of sp³-hybridized carbons (Fsp3) is 0.235. The Morgan fingerprint density at radius 1 is 1.24 bits per heavy atom. The minimum Gasteiger partial charge on any atom is -0.494 e. The molecule has 2 aromatic rings. The maximum absolute atomic E-state index is 11.5. The van der Waals surface area contributed by atoms with E-state index in [0.29, 0.717) is 17.9 Å². The Morgan fingerprint density at radius 2 is 1.95 bits per heavy atom. The van der Waals surface area contributed by atoms with E-state index in [9.17, 15) is 9.90 Å². The third kappa shape index (κ3) is 3.99. The van der Waals surface area contributed by atoms with Crippen molar-refractivity contribution in [2.75, 3.05) is 11.9 Å². The summed E-state index contributed by atoms with van der Waals surface area (Å²) in [6.45, 7) is 4.43. The molecule has 1 atom stereocenters. The summed E-state index contributed by atoms with van der Waals surface area (Å²) in [6, 6.07) is 14.0. The van der Waals surface area contributed by atoms with Gasteiger partial charge < -0.3 is 15.2 Å². The first-order valence-corrected chi connectivity index (χ1v) is 6.89. The van der Waals surface area contributed by atoms with Gasteiger partial charge in [0.2, 0.25) is 0 Å². The van der Waals surface area contributed by atoms with E-state index in [0.717, 1.165) is 11.3 Å². The van der Waals surface area contributed by atoms with Gasteiger partial charge in [0, 0.05) is 5.69 Å². The first kappa shape index (κ1) is 14.9. The Morgan fingerprint density at radius 3 is 2.57 bits per heavy atom. The number of ether oxygens (including phenoxy) is 1. The van der Waals surface area contributed by atoms with Crippen molar-refractivity contribution in [3.8, 4) is 5.75 Å². The van der Waals surface area contributed by atoms with Gasteiger partial charge in [-0.25, -0.2) is 4.79 Å². The number of hydrogen-bond acceptors (Lipinski definition) is 3. The van der Waals surface area contributed by atoms with Gasteiger partial charge in [-0.05, 0) is 43.7 Å². The van der Waals surface area contributed by atoms with Gasteiger partial charge in [0.25, 0.3) is 0 Å². The monoisotopic (exact) mass is 285 g/mol. The van der Waals surface area contributed by atoms with Crippen LogP contribution in [-0.4, -0.2) is 17.7 Å². The van der Waals surface area contributed by atoms with E-state index in [1.165, 1.54) is 0 Å². The largest absolute Gasteiger partial charge is 0.494 e. The molecule has 0 aliphatic heterocycles. The number of anilines is 1. The van der Waals surface area contributed by atoms with E-state index in [-0.39, 0.29) is 0 Å². The van der Waals surface area contributed by atoms with Crippen LogP contribution in [0.1, 0.15) is 24.1 Å². The predicted molar refractivity (Wildman–Crippen MR) is 82.8 cm³/mol. The minimum absolute atomic E-state index is 0.548. The minimum atomic E-state index is -0.927. The van der Waals surface area contributed by atoms with Gasteiger partial charge >= 0.3 is 5.97 Å². The molecule has 0 heterocycles. The number of nitrogens with one attached hydrogen (secondary N) is 1. The second-order valence-electron chi connectivity index (χ2n) is 4.79. The number of hydrogen-bond donors (Lipinski definition) is 2. The molecule has 2 rings (SSSR count). The van der Waals surface area contributed by atoms with Crippen LogP contribution in [0.2, 0.25) is 0 Å². The standard InChI is InChI=1S/C17H19NO3/c1-3-21-15-6-4-5-13(11-15)16(17(19)20)18-14-9-7-12(2)8-10-14/h4-11,16,18H,3H2,1-2H3,(H,19,20). The van der Waals surface area contributed by atoms with Crippen LogP contribution < -0.4 is 10.1 Å². The molecule has 0 saturated carbocycles. The molecule has 0 aliphatic rings. The molecule has 1 unspecified atom stereocenters. The van der Waals surface area contributed by atoms with Crippen LogP contribution in [0.15, 0.2) is 48.5 Å². The molecule has 2 N–H and O–H groups in total. The van der Waals surface area contributed by atoms with Crippen molar-refractivity contribution in [3.63, 3.8) is 0 Å². The van der Waals surface area contributed by atoms with E-state index in [1.807, 2.05) is 44.2 Å².